The molecule has 0 N–H and O–H groups in total. The maximum atomic E-state index is 9.22. The number of hydrogen-bond acceptors (Lipinski definition) is 1. The fraction of sp³-hybridized carbons (Fsp3) is 0.500. The Bertz CT molecular complexity index is 428. The lowest BCUT2D eigenvalue weighted by molar-refractivity contribution is 0.589. The van der Waals surface area contributed by atoms with E-state index in [1.165, 1.54) is 5.56 Å². The SMILES string of the molecule is CC(C)(C)c1ccc(C(C)(C)I)c(C#N)c1. The first kappa shape index (κ1) is 13.5. The monoisotopic (exact) mass is 327 g/mol. The van der Waals surface area contributed by atoms with Gasteiger partial charge in [-0.15, -0.1) is 0 Å². The second kappa shape index (κ2) is 4.37. The molecule has 0 spiro atoms. The summed E-state index contributed by atoms with van der Waals surface area (Å²) in [4.78, 5) is 0. The van der Waals surface area contributed by atoms with Crippen LogP contribution in [0.2, 0.25) is 0 Å². The number of rotatable bonds is 1. The topological polar surface area (TPSA) is 23.8 Å². The minimum absolute atomic E-state index is 0.000756. The van der Waals surface area contributed by atoms with Gasteiger partial charge in [0.25, 0.3) is 0 Å². The molecule has 16 heavy (non-hydrogen) atoms. The van der Waals surface area contributed by atoms with Crippen LogP contribution in [0.5, 0.6) is 0 Å². The highest BCUT2D eigenvalue weighted by Gasteiger charge is 2.22. The minimum atomic E-state index is -0.000756. The van der Waals surface area contributed by atoms with Crippen molar-refractivity contribution in [3.63, 3.8) is 0 Å². The highest BCUT2D eigenvalue weighted by molar-refractivity contribution is 14.1. The van der Waals surface area contributed by atoms with Gasteiger partial charge in [-0.25, -0.2) is 0 Å². The average molecular weight is 327 g/mol. The lowest BCUT2D eigenvalue weighted by Gasteiger charge is -2.23. The van der Waals surface area contributed by atoms with Gasteiger partial charge in [0.15, 0.2) is 0 Å². The summed E-state index contributed by atoms with van der Waals surface area (Å²) < 4.78 is -0.000756. The Hall–Kier alpha value is -0.560. The summed E-state index contributed by atoms with van der Waals surface area (Å²) in [5.41, 5.74) is 3.23. The molecule has 0 radical (unpaired) electrons. The summed E-state index contributed by atoms with van der Waals surface area (Å²) in [5, 5.41) is 9.22. The van der Waals surface area contributed by atoms with Crippen LogP contribution in [0, 0.1) is 11.3 Å². The van der Waals surface area contributed by atoms with Crippen LogP contribution in [0.3, 0.4) is 0 Å². The molecule has 0 atom stereocenters. The van der Waals surface area contributed by atoms with Crippen LogP contribution in [0.4, 0.5) is 0 Å². The lowest BCUT2D eigenvalue weighted by Crippen LogP contribution is -2.14. The molecule has 0 amide bonds. The van der Waals surface area contributed by atoms with E-state index in [2.05, 4.69) is 75.4 Å². The first-order valence-corrected chi connectivity index (χ1v) is 6.48. The van der Waals surface area contributed by atoms with Gasteiger partial charge in [0.2, 0.25) is 0 Å². The van der Waals surface area contributed by atoms with Crippen molar-refractivity contribution in [3.05, 3.63) is 34.9 Å². The highest BCUT2D eigenvalue weighted by Crippen LogP contribution is 2.35. The number of nitriles is 1. The van der Waals surface area contributed by atoms with Crippen molar-refractivity contribution in [1.82, 2.24) is 0 Å². The van der Waals surface area contributed by atoms with Crippen molar-refractivity contribution in [2.45, 2.75) is 43.5 Å². The van der Waals surface area contributed by atoms with Crippen LogP contribution in [0.15, 0.2) is 18.2 Å². The van der Waals surface area contributed by atoms with Crippen LogP contribution in [0.25, 0.3) is 0 Å². The molecule has 1 aromatic carbocycles. The standard InChI is InChI=1S/C14H18IN/c1-13(2,3)11-6-7-12(14(4,5)15)10(8-11)9-16/h6-8H,1-5H3. The predicted molar refractivity (Wildman–Crippen MR) is 76.9 cm³/mol. The molecule has 0 saturated carbocycles. The van der Waals surface area contributed by atoms with E-state index < -0.39 is 0 Å². The molecular weight excluding hydrogens is 309 g/mol. The van der Waals surface area contributed by atoms with Gasteiger partial charge in [-0.3, -0.25) is 0 Å². The molecule has 2 heteroatoms. The van der Waals surface area contributed by atoms with E-state index in [4.69, 9.17) is 0 Å². The molecule has 0 aromatic heterocycles. The Balaban J connectivity index is 3.36. The molecule has 1 rings (SSSR count). The van der Waals surface area contributed by atoms with Gasteiger partial charge in [0.1, 0.15) is 0 Å². The zero-order chi connectivity index (χ0) is 12.6. The fourth-order valence-electron chi connectivity index (χ4n) is 1.62. The van der Waals surface area contributed by atoms with Crippen molar-refractivity contribution in [1.29, 1.82) is 5.26 Å². The van der Waals surface area contributed by atoms with Gasteiger partial charge in [0.05, 0.1) is 11.6 Å². The first-order valence-electron chi connectivity index (χ1n) is 5.40. The molecule has 0 fully saturated rings. The van der Waals surface area contributed by atoms with Gasteiger partial charge in [-0.2, -0.15) is 5.26 Å². The van der Waals surface area contributed by atoms with Crippen molar-refractivity contribution >= 4 is 22.6 Å². The molecule has 0 saturated heterocycles. The third-order valence-electron chi connectivity index (χ3n) is 2.65. The van der Waals surface area contributed by atoms with Crippen molar-refractivity contribution in [2.75, 3.05) is 0 Å². The number of nitrogens with zero attached hydrogens (tertiary/aromatic N) is 1. The third kappa shape index (κ3) is 2.98. The maximum Gasteiger partial charge on any atom is 0.0995 e. The van der Waals surface area contributed by atoms with Gasteiger partial charge in [-0.1, -0.05) is 55.5 Å². The molecule has 1 nitrogen and oxygen atoms in total. The number of benzene rings is 1. The second-order valence-electron chi connectivity index (χ2n) is 5.59. The summed E-state index contributed by atoms with van der Waals surface area (Å²) in [5.74, 6) is 0. The second-order valence-corrected chi connectivity index (χ2v) is 8.29. The summed E-state index contributed by atoms with van der Waals surface area (Å²) in [6.45, 7) is 10.7. The highest BCUT2D eigenvalue weighted by atomic mass is 127. The Morgan fingerprint density at radius 2 is 1.69 bits per heavy atom. The molecule has 1 aromatic rings. The quantitative estimate of drug-likeness (QED) is 0.549. The molecule has 0 aliphatic carbocycles. The lowest BCUT2D eigenvalue weighted by atomic mass is 9.84. The van der Waals surface area contributed by atoms with E-state index in [1.807, 2.05) is 6.07 Å². The van der Waals surface area contributed by atoms with Crippen LogP contribution >= 0.6 is 22.6 Å². The minimum Gasteiger partial charge on any atom is -0.192 e. The number of hydrogen-bond donors (Lipinski definition) is 0. The van der Waals surface area contributed by atoms with Crippen molar-refractivity contribution < 1.29 is 0 Å². The van der Waals surface area contributed by atoms with Crippen LogP contribution in [-0.2, 0) is 8.84 Å². The molecular formula is C14H18IN. The Kier molecular flexibility index (Phi) is 3.69. The molecule has 86 valence electrons. The largest absolute Gasteiger partial charge is 0.192 e. The summed E-state index contributed by atoms with van der Waals surface area (Å²) >= 11 is 2.37. The summed E-state index contributed by atoms with van der Waals surface area (Å²) in [6.07, 6.45) is 0. The zero-order valence-corrected chi connectivity index (χ0v) is 12.7. The fourth-order valence-corrected chi connectivity index (χ4v) is 2.09. The average Bonchev–Trinajstić information content (AvgIpc) is 2.14. The Labute approximate surface area is 112 Å². The number of halogens is 1. The molecule has 0 aliphatic heterocycles. The molecule has 0 heterocycles. The summed E-state index contributed by atoms with van der Waals surface area (Å²) in [6, 6.07) is 8.56. The van der Waals surface area contributed by atoms with Gasteiger partial charge in [0, 0.05) is 3.42 Å². The van der Waals surface area contributed by atoms with E-state index >= 15 is 0 Å². The van der Waals surface area contributed by atoms with Crippen molar-refractivity contribution in [3.8, 4) is 6.07 Å². The molecule has 0 aliphatic rings. The zero-order valence-electron chi connectivity index (χ0n) is 10.6. The number of alkyl halides is 1. The van der Waals surface area contributed by atoms with Crippen molar-refractivity contribution in [2.24, 2.45) is 0 Å². The van der Waals surface area contributed by atoms with Gasteiger partial charge < -0.3 is 0 Å². The molecule has 0 bridgehead atoms. The first-order chi connectivity index (χ1) is 7.16. The van der Waals surface area contributed by atoms with Crippen LogP contribution in [-0.4, -0.2) is 0 Å². The summed E-state index contributed by atoms with van der Waals surface area (Å²) in [7, 11) is 0. The van der Waals surface area contributed by atoms with E-state index in [1.54, 1.807) is 0 Å². The third-order valence-corrected chi connectivity index (χ3v) is 3.23. The van der Waals surface area contributed by atoms with Crippen LogP contribution in [0.1, 0.15) is 51.3 Å². The Morgan fingerprint density at radius 3 is 2.06 bits per heavy atom. The smallest absolute Gasteiger partial charge is 0.0995 e. The van der Waals surface area contributed by atoms with Gasteiger partial charge in [-0.05, 0) is 36.5 Å². The van der Waals surface area contributed by atoms with Crippen LogP contribution < -0.4 is 0 Å². The van der Waals surface area contributed by atoms with Gasteiger partial charge >= 0.3 is 0 Å². The predicted octanol–water partition coefficient (Wildman–Crippen LogP) is 4.53. The normalized spacial score (nSPS) is 12.3. The Morgan fingerprint density at radius 1 is 1.12 bits per heavy atom. The van der Waals surface area contributed by atoms with E-state index in [0.29, 0.717) is 0 Å². The van der Waals surface area contributed by atoms with E-state index in [0.717, 1.165) is 11.1 Å². The maximum absolute atomic E-state index is 9.22. The molecule has 0 unspecified atom stereocenters. The van der Waals surface area contributed by atoms with E-state index in [9.17, 15) is 5.26 Å². The van der Waals surface area contributed by atoms with E-state index in [-0.39, 0.29) is 8.84 Å².